The molecule has 5 nitrogen and oxygen atoms in total. The summed E-state index contributed by atoms with van der Waals surface area (Å²) >= 11 is 5.51. The Hall–Kier alpha value is -1.79. The number of rotatable bonds is 2. The zero-order valence-electron chi connectivity index (χ0n) is 8.81. The van der Waals surface area contributed by atoms with E-state index in [1.54, 1.807) is 0 Å². The molecule has 96 valence electrons. The fourth-order valence-electron chi connectivity index (χ4n) is 1.13. The number of nitrogens with zero attached hydrogens (tertiary/aromatic N) is 1. The molecule has 0 saturated heterocycles. The van der Waals surface area contributed by atoms with Gasteiger partial charge in [-0.2, -0.15) is 0 Å². The molecule has 0 aliphatic heterocycles. The molecule has 2 rings (SSSR count). The van der Waals surface area contributed by atoms with Crippen molar-refractivity contribution in [1.82, 2.24) is 9.97 Å². The molecule has 0 amide bonds. The minimum absolute atomic E-state index is 0. The molecule has 0 aliphatic carbocycles. The summed E-state index contributed by atoms with van der Waals surface area (Å²) in [4.78, 5) is 17.2. The normalized spacial score (nSPS) is 9.67. The van der Waals surface area contributed by atoms with Crippen molar-refractivity contribution in [3.05, 3.63) is 45.7 Å². The van der Waals surface area contributed by atoms with Crippen LogP contribution < -0.4 is 16.0 Å². The summed E-state index contributed by atoms with van der Waals surface area (Å²) in [6.07, 6.45) is 1.14. The minimum Gasteiger partial charge on any atom is -0.437 e. The monoisotopic (exact) mass is 291 g/mol. The molecule has 0 aliphatic rings. The number of nitrogen functional groups attached to an aromatic ring is 1. The van der Waals surface area contributed by atoms with Crippen LogP contribution in [-0.4, -0.2) is 9.97 Å². The van der Waals surface area contributed by atoms with Crippen LogP contribution in [0, 0.1) is 5.82 Å². The van der Waals surface area contributed by atoms with E-state index in [1.807, 2.05) is 0 Å². The highest BCUT2D eigenvalue weighted by molar-refractivity contribution is 6.30. The third kappa shape index (κ3) is 2.91. The third-order valence-corrected chi connectivity index (χ3v) is 2.26. The molecule has 0 atom stereocenters. The lowest BCUT2D eigenvalue weighted by Crippen LogP contribution is -2.13. The predicted molar refractivity (Wildman–Crippen MR) is 68.0 cm³/mol. The molecule has 0 saturated carbocycles. The highest BCUT2D eigenvalue weighted by Gasteiger charge is 2.08. The van der Waals surface area contributed by atoms with Crippen LogP contribution in [0.3, 0.4) is 0 Å². The number of anilines is 1. The smallest absolute Gasteiger partial charge is 0.277 e. The van der Waals surface area contributed by atoms with Crippen molar-refractivity contribution in [2.75, 3.05) is 5.73 Å². The Labute approximate surface area is 112 Å². The van der Waals surface area contributed by atoms with E-state index in [1.165, 1.54) is 12.1 Å². The summed E-state index contributed by atoms with van der Waals surface area (Å²) in [5.41, 5.74) is 4.75. The van der Waals surface area contributed by atoms with E-state index in [2.05, 4.69) is 9.97 Å². The van der Waals surface area contributed by atoms with Crippen LogP contribution in [0.5, 0.6) is 11.6 Å². The lowest BCUT2D eigenvalue weighted by atomic mass is 10.3. The predicted octanol–water partition coefficient (Wildman–Crippen LogP) is 2.36. The molecule has 0 unspecified atom stereocenters. The quantitative estimate of drug-likeness (QED) is 0.890. The summed E-state index contributed by atoms with van der Waals surface area (Å²) in [5.74, 6) is -0.570. The largest absolute Gasteiger partial charge is 0.437 e. The molecule has 0 radical (unpaired) electrons. The maximum absolute atomic E-state index is 13.1. The first-order chi connectivity index (χ1) is 8.08. The number of hydrogen-bond donors (Lipinski definition) is 2. The number of hydrogen-bond acceptors (Lipinski definition) is 4. The van der Waals surface area contributed by atoms with Crippen molar-refractivity contribution in [2.24, 2.45) is 0 Å². The molecule has 1 heterocycles. The fraction of sp³-hybridized carbons (Fsp3) is 0. The highest BCUT2D eigenvalue weighted by atomic mass is 35.5. The number of nitrogens with one attached hydrogen (secondary N) is 1. The Kier molecular flexibility index (Phi) is 4.52. The fourth-order valence-corrected chi connectivity index (χ4v) is 1.24. The average molecular weight is 292 g/mol. The minimum atomic E-state index is -0.632. The summed E-state index contributed by atoms with van der Waals surface area (Å²) in [5, 5.41) is -0.0239. The number of halogens is 3. The maximum atomic E-state index is 13.1. The van der Waals surface area contributed by atoms with Gasteiger partial charge in [0.25, 0.3) is 5.56 Å². The summed E-state index contributed by atoms with van der Waals surface area (Å²) in [6.45, 7) is 0. The van der Waals surface area contributed by atoms with Crippen molar-refractivity contribution in [3.8, 4) is 11.6 Å². The number of ether oxygens (including phenoxy) is 1. The first-order valence-corrected chi connectivity index (χ1v) is 4.92. The molecule has 0 bridgehead atoms. The zero-order chi connectivity index (χ0) is 12.4. The van der Waals surface area contributed by atoms with Crippen LogP contribution in [0.2, 0.25) is 5.02 Å². The van der Waals surface area contributed by atoms with E-state index in [9.17, 15) is 9.18 Å². The average Bonchev–Trinajstić information content (AvgIpc) is 2.30. The molecular formula is C10H8Cl2FN3O2. The zero-order valence-corrected chi connectivity index (χ0v) is 10.4. The number of aromatic nitrogens is 2. The summed E-state index contributed by atoms with van der Waals surface area (Å²) in [7, 11) is 0. The van der Waals surface area contributed by atoms with Gasteiger partial charge in [-0.25, -0.2) is 9.37 Å². The second-order valence-corrected chi connectivity index (χ2v) is 3.54. The van der Waals surface area contributed by atoms with E-state index in [4.69, 9.17) is 22.1 Å². The first-order valence-electron chi connectivity index (χ1n) is 4.54. The molecule has 3 N–H and O–H groups in total. The Bertz CT molecular complexity index is 618. The van der Waals surface area contributed by atoms with E-state index >= 15 is 0 Å². The maximum Gasteiger partial charge on any atom is 0.277 e. The third-order valence-electron chi connectivity index (χ3n) is 1.96. The van der Waals surface area contributed by atoms with Gasteiger partial charge in [0.1, 0.15) is 11.6 Å². The second-order valence-electron chi connectivity index (χ2n) is 3.13. The Morgan fingerprint density at radius 1 is 1.44 bits per heavy atom. The van der Waals surface area contributed by atoms with Crippen LogP contribution in [0.25, 0.3) is 0 Å². The SMILES string of the molecule is Cl.Nc1c(Oc2ccc(Cl)c(F)c2)nc[nH]c1=O. The van der Waals surface area contributed by atoms with Crippen LogP contribution in [-0.2, 0) is 0 Å². The molecule has 0 fully saturated rings. The number of benzene rings is 1. The van der Waals surface area contributed by atoms with Gasteiger partial charge in [0, 0.05) is 6.07 Å². The van der Waals surface area contributed by atoms with Crippen LogP contribution in [0.4, 0.5) is 10.1 Å². The van der Waals surface area contributed by atoms with E-state index in [-0.39, 0.29) is 34.7 Å². The Balaban J connectivity index is 0.00000162. The van der Waals surface area contributed by atoms with Gasteiger partial charge in [0.15, 0.2) is 5.69 Å². The molecule has 2 aromatic rings. The van der Waals surface area contributed by atoms with Crippen LogP contribution >= 0.6 is 24.0 Å². The second kappa shape index (κ2) is 5.70. The van der Waals surface area contributed by atoms with Crippen molar-refractivity contribution < 1.29 is 9.13 Å². The topological polar surface area (TPSA) is 81.0 Å². The van der Waals surface area contributed by atoms with Gasteiger partial charge in [-0.1, -0.05) is 11.6 Å². The van der Waals surface area contributed by atoms with E-state index in [0.29, 0.717) is 0 Å². The van der Waals surface area contributed by atoms with Gasteiger partial charge in [0.05, 0.1) is 11.3 Å². The molecule has 1 aromatic heterocycles. The van der Waals surface area contributed by atoms with Crippen molar-refractivity contribution in [3.63, 3.8) is 0 Å². The van der Waals surface area contributed by atoms with Gasteiger partial charge in [-0.05, 0) is 12.1 Å². The number of H-pyrrole nitrogens is 1. The van der Waals surface area contributed by atoms with E-state index in [0.717, 1.165) is 12.4 Å². The summed E-state index contributed by atoms with van der Waals surface area (Å²) in [6, 6.07) is 3.84. The molecule has 8 heteroatoms. The van der Waals surface area contributed by atoms with Crippen molar-refractivity contribution in [1.29, 1.82) is 0 Å². The van der Waals surface area contributed by atoms with E-state index < -0.39 is 11.4 Å². The Morgan fingerprint density at radius 2 is 2.17 bits per heavy atom. The molecular weight excluding hydrogens is 284 g/mol. The van der Waals surface area contributed by atoms with Gasteiger partial charge in [-0.15, -0.1) is 12.4 Å². The number of aromatic amines is 1. The van der Waals surface area contributed by atoms with Gasteiger partial charge >= 0.3 is 0 Å². The lowest BCUT2D eigenvalue weighted by Gasteiger charge is -2.06. The van der Waals surface area contributed by atoms with Gasteiger partial charge < -0.3 is 15.5 Å². The molecule has 18 heavy (non-hydrogen) atoms. The van der Waals surface area contributed by atoms with Crippen LogP contribution in [0.15, 0.2) is 29.3 Å². The van der Waals surface area contributed by atoms with Crippen LogP contribution in [0.1, 0.15) is 0 Å². The lowest BCUT2D eigenvalue weighted by molar-refractivity contribution is 0.458. The first kappa shape index (κ1) is 14.3. The van der Waals surface area contributed by atoms with Crippen molar-refractivity contribution >= 4 is 29.7 Å². The molecule has 0 spiro atoms. The highest BCUT2D eigenvalue weighted by Crippen LogP contribution is 2.25. The standard InChI is InChI=1S/C10H7ClFN3O2.ClH/c11-6-2-1-5(3-7(6)12)17-10-8(13)9(16)14-4-15-10;/h1-4H,13H2,(H,14,15,16);1H. The number of nitrogens with two attached hydrogens (primary N) is 1. The summed E-state index contributed by atoms with van der Waals surface area (Å²) < 4.78 is 18.3. The van der Waals surface area contributed by atoms with Crippen molar-refractivity contribution in [2.45, 2.75) is 0 Å². The van der Waals surface area contributed by atoms with Gasteiger partial charge in [0.2, 0.25) is 5.88 Å². The Morgan fingerprint density at radius 3 is 2.83 bits per heavy atom. The van der Waals surface area contributed by atoms with Gasteiger partial charge in [-0.3, -0.25) is 4.79 Å². The molecule has 1 aromatic carbocycles.